The topological polar surface area (TPSA) is 53.1 Å². The van der Waals surface area contributed by atoms with Crippen LogP contribution in [0.3, 0.4) is 0 Å². The fraction of sp³-hybridized carbons (Fsp3) is 0.235. The molecular formula is C17H19N3O. The van der Waals surface area contributed by atoms with E-state index in [1.165, 1.54) is 0 Å². The van der Waals surface area contributed by atoms with E-state index in [1.54, 1.807) is 0 Å². The Labute approximate surface area is 124 Å². The van der Waals surface area contributed by atoms with E-state index < -0.39 is 0 Å². The molecule has 4 nitrogen and oxygen atoms in total. The lowest BCUT2D eigenvalue weighted by Crippen LogP contribution is -2.03. The first-order valence-electron chi connectivity index (χ1n) is 7.23. The maximum absolute atomic E-state index is 5.87. The minimum Gasteiger partial charge on any atom is -0.492 e. The van der Waals surface area contributed by atoms with Gasteiger partial charge in [0.25, 0.3) is 0 Å². The van der Waals surface area contributed by atoms with Crippen molar-refractivity contribution < 1.29 is 4.74 Å². The molecule has 0 fully saturated rings. The lowest BCUT2D eigenvalue weighted by molar-refractivity contribution is 0.339. The van der Waals surface area contributed by atoms with Gasteiger partial charge in [-0.25, -0.2) is 4.98 Å². The minimum atomic E-state index is 0.637. The molecule has 108 valence electrons. The molecule has 0 amide bonds. The Bertz CT molecular complexity index is 777. The van der Waals surface area contributed by atoms with E-state index in [2.05, 4.69) is 17.6 Å². The predicted octanol–water partition coefficient (Wildman–Crippen LogP) is 3.57. The normalized spacial score (nSPS) is 11.0. The number of nitrogen functional groups attached to an aromatic ring is 1. The first kappa shape index (κ1) is 13.5. The van der Waals surface area contributed by atoms with E-state index in [1.807, 2.05) is 43.3 Å². The van der Waals surface area contributed by atoms with Crippen LogP contribution in [0.1, 0.15) is 19.7 Å². The SMILES string of the molecule is CCOc1ccccc1-n1c(CC)nc2cc(N)ccc21. The number of hydrogen-bond acceptors (Lipinski definition) is 3. The molecule has 0 spiro atoms. The number of imidazole rings is 1. The van der Waals surface area contributed by atoms with Gasteiger partial charge in [-0.15, -0.1) is 0 Å². The maximum atomic E-state index is 5.87. The molecule has 0 bridgehead atoms. The second-order valence-corrected chi connectivity index (χ2v) is 4.87. The van der Waals surface area contributed by atoms with Gasteiger partial charge in [-0.2, -0.15) is 0 Å². The summed E-state index contributed by atoms with van der Waals surface area (Å²) in [7, 11) is 0. The predicted molar refractivity (Wildman–Crippen MR) is 86.0 cm³/mol. The Kier molecular flexibility index (Phi) is 3.52. The van der Waals surface area contributed by atoms with Gasteiger partial charge < -0.3 is 10.5 Å². The molecule has 3 rings (SSSR count). The van der Waals surface area contributed by atoms with Crippen molar-refractivity contribution in [3.63, 3.8) is 0 Å². The third-order valence-corrected chi connectivity index (χ3v) is 3.47. The van der Waals surface area contributed by atoms with Crippen molar-refractivity contribution in [1.29, 1.82) is 0 Å². The quantitative estimate of drug-likeness (QED) is 0.744. The summed E-state index contributed by atoms with van der Waals surface area (Å²) in [6.45, 7) is 4.73. The number of aromatic nitrogens is 2. The van der Waals surface area contributed by atoms with Crippen LogP contribution in [-0.2, 0) is 6.42 Å². The Balaban J connectivity index is 2.29. The number of benzene rings is 2. The van der Waals surface area contributed by atoms with E-state index in [0.29, 0.717) is 6.61 Å². The Morgan fingerprint density at radius 2 is 1.95 bits per heavy atom. The van der Waals surface area contributed by atoms with Gasteiger partial charge in [-0.3, -0.25) is 4.57 Å². The number of aryl methyl sites for hydroxylation is 1. The number of hydrogen-bond donors (Lipinski definition) is 1. The number of nitrogens with two attached hydrogens (primary N) is 1. The summed E-state index contributed by atoms with van der Waals surface area (Å²) in [6, 6.07) is 13.9. The van der Waals surface area contributed by atoms with E-state index >= 15 is 0 Å². The van der Waals surface area contributed by atoms with Crippen LogP contribution >= 0.6 is 0 Å². The summed E-state index contributed by atoms with van der Waals surface area (Å²) < 4.78 is 7.91. The van der Waals surface area contributed by atoms with Crippen LogP contribution in [0.2, 0.25) is 0 Å². The molecule has 0 radical (unpaired) electrons. The Morgan fingerprint density at radius 3 is 2.71 bits per heavy atom. The van der Waals surface area contributed by atoms with E-state index in [-0.39, 0.29) is 0 Å². The van der Waals surface area contributed by atoms with Gasteiger partial charge in [0, 0.05) is 12.1 Å². The molecule has 0 aliphatic heterocycles. The first-order chi connectivity index (χ1) is 10.2. The molecule has 0 unspecified atom stereocenters. The molecule has 0 aliphatic rings. The van der Waals surface area contributed by atoms with E-state index in [0.717, 1.165) is 40.4 Å². The minimum absolute atomic E-state index is 0.637. The zero-order valence-corrected chi connectivity index (χ0v) is 12.3. The molecule has 0 saturated carbocycles. The first-order valence-corrected chi connectivity index (χ1v) is 7.23. The van der Waals surface area contributed by atoms with Crippen LogP contribution in [0, 0.1) is 0 Å². The highest BCUT2D eigenvalue weighted by molar-refractivity contribution is 5.82. The lowest BCUT2D eigenvalue weighted by atomic mass is 10.2. The van der Waals surface area contributed by atoms with Crippen molar-refractivity contribution in [1.82, 2.24) is 9.55 Å². The van der Waals surface area contributed by atoms with Crippen LogP contribution in [0.15, 0.2) is 42.5 Å². The summed E-state index contributed by atoms with van der Waals surface area (Å²) in [4.78, 5) is 4.70. The number of nitrogens with zero attached hydrogens (tertiary/aromatic N) is 2. The number of rotatable bonds is 4. The molecule has 0 aliphatic carbocycles. The average molecular weight is 281 g/mol. The van der Waals surface area contributed by atoms with Crippen LogP contribution in [0.4, 0.5) is 5.69 Å². The van der Waals surface area contributed by atoms with Gasteiger partial charge in [0.2, 0.25) is 0 Å². The molecular weight excluding hydrogens is 262 g/mol. The second kappa shape index (κ2) is 5.48. The highest BCUT2D eigenvalue weighted by Crippen LogP contribution is 2.29. The highest BCUT2D eigenvalue weighted by Gasteiger charge is 2.14. The second-order valence-electron chi connectivity index (χ2n) is 4.87. The van der Waals surface area contributed by atoms with Gasteiger partial charge in [0.05, 0.1) is 23.3 Å². The molecule has 2 N–H and O–H groups in total. The summed E-state index contributed by atoms with van der Waals surface area (Å²) in [5.74, 6) is 1.87. The molecule has 2 aromatic carbocycles. The molecule has 21 heavy (non-hydrogen) atoms. The third kappa shape index (κ3) is 2.33. The maximum Gasteiger partial charge on any atom is 0.143 e. The van der Waals surface area contributed by atoms with Crippen molar-refractivity contribution in [2.24, 2.45) is 0 Å². The van der Waals surface area contributed by atoms with Crippen LogP contribution < -0.4 is 10.5 Å². The zero-order valence-electron chi connectivity index (χ0n) is 12.3. The summed E-state index contributed by atoms with van der Waals surface area (Å²) in [5, 5.41) is 0. The number of ether oxygens (including phenoxy) is 1. The van der Waals surface area contributed by atoms with Crippen molar-refractivity contribution >= 4 is 16.7 Å². The molecule has 0 atom stereocenters. The fourth-order valence-electron chi connectivity index (χ4n) is 2.57. The largest absolute Gasteiger partial charge is 0.492 e. The highest BCUT2D eigenvalue weighted by atomic mass is 16.5. The monoisotopic (exact) mass is 281 g/mol. The van der Waals surface area contributed by atoms with Crippen LogP contribution in [0.5, 0.6) is 5.75 Å². The fourth-order valence-corrected chi connectivity index (χ4v) is 2.57. The van der Waals surface area contributed by atoms with E-state index in [4.69, 9.17) is 15.5 Å². The van der Waals surface area contributed by atoms with Gasteiger partial charge in [-0.1, -0.05) is 19.1 Å². The van der Waals surface area contributed by atoms with Crippen molar-refractivity contribution in [2.45, 2.75) is 20.3 Å². The molecule has 0 saturated heterocycles. The van der Waals surface area contributed by atoms with Gasteiger partial charge >= 0.3 is 0 Å². The van der Waals surface area contributed by atoms with Gasteiger partial charge in [0.15, 0.2) is 0 Å². The lowest BCUT2D eigenvalue weighted by Gasteiger charge is -2.13. The number of anilines is 1. The van der Waals surface area contributed by atoms with Gasteiger partial charge in [-0.05, 0) is 37.3 Å². The molecule has 3 aromatic rings. The standard InChI is InChI=1S/C17H19N3O/c1-3-17-19-13-11-12(18)9-10-14(13)20(17)15-7-5-6-8-16(15)21-4-2/h5-11H,3-4,18H2,1-2H3. The average Bonchev–Trinajstić information content (AvgIpc) is 2.85. The van der Waals surface area contributed by atoms with Crippen molar-refractivity contribution in [3.05, 3.63) is 48.3 Å². The third-order valence-electron chi connectivity index (χ3n) is 3.47. The van der Waals surface area contributed by atoms with Crippen LogP contribution in [-0.4, -0.2) is 16.2 Å². The van der Waals surface area contributed by atoms with Crippen molar-refractivity contribution in [3.8, 4) is 11.4 Å². The zero-order chi connectivity index (χ0) is 14.8. The van der Waals surface area contributed by atoms with Gasteiger partial charge in [0.1, 0.15) is 11.6 Å². The summed E-state index contributed by atoms with van der Waals surface area (Å²) >= 11 is 0. The number of fused-ring (bicyclic) bond motifs is 1. The molecule has 1 aromatic heterocycles. The Morgan fingerprint density at radius 1 is 1.14 bits per heavy atom. The Hall–Kier alpha value is -2.49. The summed E-state index contributed by atoms with van der Waals surface area (Å²) in [5.41, 5.74) is 9.58. The number of para-hydroxylation sites is 2. The van der Waals surface area contributed by atoms with E-state index in [9.17, 15) is 0 Å². The van der Waals surface area contributed by atoms with Crippen LogP contribution in [0.25, 0.3) is 16.7 Å². The molecule has 1 heterocycles. The smallest absolute Gasteiger partial charge is 0.143 e. The van der Waals surface area contributed by atoms with Crippen molar-refractivity contribution in [2.75, 3.05) is 12.3 Å². The summed E-state index contributed by atoms with van der Waals surface area (Å²) in [6.07, 6.45) is 0.842. The molecule has 4 heteroatoms.